The molecule has 4 nitrogen and oxygen atoms in total. The van der Waals surface area contributed by atoms with Gasteiger partial charge in [-0.1, -0.05) is 188 Å². The number of hydrogen-bond acceptors (Lipinski definition) is 4. The van der Waals surface area contributed by atoms with E-state index in [1.165, 1.54) is 66.8 Å². The highest BCUT2D eigenvalue weighted by atomic mass is 16.3. The molecule has 0 bridgehead atoms. The van der Waals surface area contributed by atoms with Gasteiger partial charge in [0.2, 0.25) is 0 Å². The second kappa shape index (κ2) is 16.9. The minimum absolute atomic E-state index is 0.716. The molecule has 0 fully saturated rings. The topological polar surface area (TPSA) is 32.8 Å². The van der Waals surface area contributed by atoms with E-state index in [0.717, 1.165) is 78.0 Å². The maximum absolute atomic E-state index is 6.46. The van der Waals surface area contributed by atoms with Crippen molar-refractivity contribution in [2.24, 2.45) is 0 Å². The molecule has 0 saturated heterocycles. The molecule has 360 valence electrons. The fraction of sp³-hybridized carbons (Fsp3) is 0.0137. The summed E-state index contributed by atoms with van der Waals surface area (Å²) in [6.45, 7) is 0. The highest BCUT2D eigenvalue weighted by molar-refractivity contribution is 6.09. The molecule has 4 heteroatoms. The molecule has 0 N–H and O–H groups in total. The number of hydrogen-bond donors (Lipinski definition) is 0. The number of para-hydroxylation sites is 2. The molecule has 0 saturated carbocycles. The van der Waals surface area contributed by atoms with E-state index in [9.17, 15) is 0 Å². The van der Waals surface area contributed by atoms with Crippen LogP contribution in [-0.4, -0.2) is 0 Å². The van der Waals surface area contributed by atoms with Gasteiger partial charge >= 0.3 is 0 Å². The van der Waals surface area contributed by atoms with Gasteiger partial charge in [0.1, 0.15) is 22.3 Å². The van der Waals surface area contributed by atoms with E-state index < -0.39 is 5.41 Å². The van der Waals surface area contributed by atoms with Gasteiger partial charge in [0, 0.05) is 55.5 Å². The molecular weight excluding hydrogens is 937 g/mol. The molecule has 2 aliphatic rings. The van der Waals surface area contributed by atoms with Gasteiger partial charge < -0.3 is 18.6 Å². The zero-order chi connectivity index (χ0) is 50.6. The van der Waals surface area contributed by atoms with E-state index in [4.69, 9.17) is 8.83 Å². The van der Waals surface area contributed by atoms with Crippen molar-refractivity contribution in [3.05, 3.63) is 301 Å². The van der Waals surface area contributed by atoms with E-state index in [2.05, 4.69) is 277 Å². The first-order chi connectivity index (χ1) is 38.2. The summed E-state index contributed by atoms with van der Waals surface area (Å²) in [5, 5.41) is 4.35. The maximum Gasteiger partial charge on any atom is 0.135 e. The van der Waals surface area contributed by atoms with Crippen molar-refractivity contribution in [3.8, 4) is 44.5 Å². The maximum atomic E-state index is 6.46. The average Bonchev–Trinajstić information content (AvgIpc) is 4.42. The Kier molecular flexibility index (Phi) is 9.52. The third-order valence-electron chi connectivity index (χ3n) is 16.3. The predicted molar refractivity (Wildman–Crippen MR) is 318 cm³/mol. The predicted octanol–water partition coefficient (Wildman–Crippen LogP) is 20.1. The molecule has 0 atom stereocenters. The smallest absolute Gasteiger partial charge is 0.135 e. The summed E-state index contributed by atoms with van der Waals surface area (Å²) < 4.78 is 12.9. The van der Waals surface area contributed by atoms with E-state index >= 15 is 0 Å². The minimum atomic E-state index is -0.716. The Hall–Kier alpha value is -10.2. The first-order valence-electron chi connectivity index (χ1n) is 26.4. The monoisotopic (exact) mass is 982 g/mol. The molecule has 0 aliphatic heterocycles. The van der Waals surface area contributed by atoms with Crippen molar-refractivity contribution in [2.45, 2.75) is 5.41 Å². The fourth-order valence-electron chi connectivity index (χ4n) is 12.9. The highest BCUT2D eigenvalue weighted by Gasteiger charge is 2.53. The van der Waals surface area contributed by atoms with E-state index in [0.29, 0.717) is 0 Å². The number of anilines is 6. The van der Waals surface area contributed by atoms with Crippen LogP contribution >= 0.6 is 0 Å². The molecule has 12 aromatic carbocycles. The SMILES string of the molecule is c1ccc(-c2ccc(N(c3ccc4c(c3)C3(c5ccccc5-c5ccccc53)c3c-4cccc3N(c3ccc(-c4ccccc4)cc3)c3ccc4oc5ccccc5c4c3)c3ccc4oc5ccccc5c4c3)cc2)cc1. The van der Waals surface area contributed by atoms with Gasteiger partial charge in [-0.05, 0) is 152 Å². The first-order valence-corrected chi connectivity index (χ1v) is 26.4. The summed E-state index contributed by atoms with van der Waals surface area (Å²) in [7, 11) is 0. The van der Waals surface area contributed by atoms with Crippen LogP contribution in [0.3, 0.4) is 0 Å². The molecule has 2 aliphatic carbocycles. The van der Waals surface area contributed by atoms with Crippen LogP contribution in [0, 0.1) is 0 Å². The van der Waals surface area contributed by atoms with Gasteiger partial charge in [-0.3, -0.25) is 0 Å². The number of rotatable bonds is 8. The molecule has 2 heterocycles. The zero-order valence-electron chi connectivity index (χ0n) is 41.8. The largest absolute Gasteiger partial charge is 0.456 e. The van der Waals surface area contributed by atoms with Gasteiger partial charge in [0.25, 0.3) is 0 Å². The lowest BCUT2D eigenvalue weighted by Crippen LogP contribution is -2.28. The van der Waals surface area contributed by atoms with E-state index in [-0.39, 0.29) is 0 Å². The minimum Gasteiger partial charge on any atom is -0.456 e. The summed E-state index contributed by atoms with van der Waals surface area (Å²) in [6, 6.07) is 102. The molecule has 0 unspecified atom stereocenters. The highest BCUT2D eigenvalue weighted by Crippen LogP contribution is 2.66. The Morgan fingerprint density at radius 2 is 0.649 bits per heavy atom. The molecule has 77 heavy (non-hydrogen) atoms. The Balaban J connectivity index is 0.953. The number of furan rings is 2. The van der Waals surface area contributed by atoms with Gasteiger partial charge in [-0.2, -0.15) is 0 Å². The van der Waals surface area contributed by atoms with Crippen LogP contribution in [0.2, 0.25) is 0 Å². The molecule has 16 rings (SSSR count). The fourth-order valence-corrected chi connectivity index (χ4v) is 12.9. The molecule has 1 spiro atoms. The van der Waals surface area contributed by atoms with Crippen molar-refractivity contribution >= 4 is 78.0 Å². The van der Waals surface area contributed by atoms with Crippen LogP contribution in [0.4, 0.5) is 34.1 Å². The Morgan fingerprint density at radius 3 is 1.22 bits per heavy atom. The lowest BCUT2D eigenvalue weighted by atomic mass is 9.69. The summed E-state index contributed by atoms with van der Waals surface area (Å²) in [4.78, 5) is 4.91. The number of nitrogens with zero attached hydrogens (tertiary/aromatic N) is 2. The van der Waals surface area contributed by atoms with Crippen LogP contribution in [0.1, 0.15) is 22.3 Å². The van der Waals surface area contributed by atoms with Crippen molar-refractivity contribution in [1.82, 2.24) is 0 Å². The molecular formula is C73H46N2O2. The van der Waals surface area contributed by atoms with Crippen molar-refractivity contribution < 1.29 is 8.83 Å². The van der Waals surface area contributed by atoms with Crippen LogP contribution in [-0.2, 0) is 5.41 Å². The third kappa shape index (κ3) is 6.52. The Labute approximate surface area is 445 Å². The first kappa shape index (κ1) is 43.3. The third-order valence-corrected chi connectivity index (χ3v) is 16.3. The number of fused-ring (bicyclic) bond motifs is 16. The quantitative estimate of drug-likeness (QED) is 0.152. The van der Waals surface area contributed by atoms with E-state index in [1.807, 2.05) is 12.1 Å². The second-order valence-corrected chi connectivity index (χ2v) is 20.3. The van der Waals surface area contributed by atoms with Gasteiger partial charge in [-0.25, -0.2) is 0 Å². The summed E-state index contributed by atoms with van der Waals surface area (Å²) in [5.74, 6) is 0. The van der Waals surface area contributed by atoms with Gasteiger partial charge in [-0.15, -0.1) is 0 Å². The van der Waals surface area contributed by atoms with Crippen molar-refractivity contribution in [3.63, 3.8) is 0 Å². The van der Waals surface area contributed by atoms with Gasteiger partial charge in [0.15, 0.2) is 0 Å². The molecule has 2 aromatic heterocycles. The second-order valence-electron chi connectivity index (χ2n) is 20.3. The van der Waals surface area contributed by atoms with Gasteiger partial charge in [0.05, 0.1) is 11.1 Å². The van der Waals surface area contributed by atoms with Crippen molar-refractivity contribution in [2.75, 3.05) is 9.80 Å². The number of benzene rings is 12. The Morgan fingerprint density at radius 1 is 0.247 bits per heavy atom. The van der Waals surface area contributed by atoms with Crippen LogP contribution in [0.5, 0.6) is 0 Å². The Bertz CT molecular complexity index is 4580. The average molecular weight is 983 g/mol. The standard InChI is InChI=1S/C73H46N2O2/c1-3-16-47(17-4-1)49-30-34-51(35-31-49)74(53-39-42-70-62(44-53)59-22-9-13-28-68(59)76-70)55-38-41-58-61-24-15-27-67(72(61)73(66(58)46-55)64-25-11-7-20-56(64)57-21-8-12-26-65(57)73)75(52-36-32-50(33-37-52)48-18-5-2-6-19-48)54-40-43-71-63(45-54)60-23-10-14-29-69(60)77-71/h1-46H. The van der Waals surface area contributed by atoms with Crippen LogP contribution in [0.15, 0.2) is 288 Å². The molecule has 0 radical (unpaired) electrons. The normalized spacial score (nSPS) is 12.8. The molecule has 14 aromatic rings. The summed E-state index contributed by atoms with van der Waals surface area (Å²) in [5.41, 5.74) is 23.8. The summed E-state index contributed by atoms with van der Waals surface area (Å²) in [6.07, 6.45) is 0. The van der Waals surface area contributed by atoms with Crippen LogP contribution in [0.25, 0.3) is 88.4 Å². The van der Waals surface area contributed by atoms with Crippen LogP contribution < -0.4 is 9.80 Å². The summed E-state index contributed by atoms with van der Waals surface area (Å²) >= 11 is 0. The zero-order valence-corrected chi connectivity index (χ0v) is 41.8. The van der Waals surface area contributed by atoms with Crippen molar-refractivity contribution in [1.29, 1.82) is 0 Å². The molecule has 0 amide bonds. The lowest BCUT2D eigenvalue weighted by molar-refractivity contribution is 0.668. The van der Waals surface area contributed by atoms with E-state index in [1.54, 1.807) is 0 Å². The lowest BCUT2D eigenvalue weighted by Gasteiger charge is -2.36.